The average molecular weight is 340 g/mol. The number of aliphatic hydroxyl groups is 1. The zero-order valence-electron chi connectivity index (χ0n) is 13.5. The van der Waals surface area contributed by atoms with Crippen LogP contribution in [-0.4, -0.2) is 22.0 Å². The van der Waals surface area contributed by atoms with E-state index in [-0.39, 0.29) is 11.1 Å². The van der Waals surface area contributed by atoms with E-state index in [2.05, 4.69) is 10.3 Å². The van der Waals surface area contributed by atoms with Gasteiger partial charge < -0.3 is 15.4 Å². The Hall–Kier alpha value is -2.99. The molecule has 3 aromatic rings. The molecule has 3 rings (SSSR count). The van der Waals surface area contributed by atoms with Crippen LogP contribution in [0.1, 0.15) is 28.9 Å². The van der Waals surface area contributed by atoms with E-state index in [4.69, 9.17) is 0 Å². The van der Waals surface area contributed by atoms with Crippen LogP contribution in [0.2, 0.25) is 0 Å². The molecule has 0 radical (unpaired) electrons. The molecular formula is C19H17FN2O3. The van der Waals surface area contributed by atoms with Crippen molar-refractivity contribution in [2.24, 2.45) is 0 Å². The summed E-state index contributed by atoms with van der Waals surface area (Å²) >= 11 is 0. The zero-order chi connectivity index (χ0) is 18.0. The second-order valence-corrected chi connectivity index (χ2v) is 5.85. The van der Waals surface area contributed by atoms with Gasteiger partial charge in [0.15, 0.2) is 0 Å². The predicted molar refractivity (Wildman–Crippen MR) is 92.9 cm³/mol. The number of carbonyl (C=O) groups is 1. The highest BCUT2D eigenvalue weighted by Gasteiger charge is 2.20. The van der Waals surface area contributed by atoms with Gasteiger partial charge in [-0.1, -0.05) is 30.3 Å². The van der Waals surface area contributed by atoms with Crippen LogP contribution in [0, 0.1) is 5.82 Å². The molecule has 1 aromatic heterocycles. The molecule has 5 nitrogen and oxygen atoms in total. The van der Waals surface area contributed by atoms with E-state index in [1.54, 1.807) is 31.2 Å². The molecule has 0 fully saturated rings. The van der Waals surface area contributed by atoms with Crippen molar-refractivity contribution in [1.82, 2.24) is 10.3 Å². The third kappa shape index (κ3) is 3.59. The van der Waals surface area contributed by atoms with Gasteiger partial charge in [0, 0.05) is 17.0 Å². The molecule has 128 valence electrons. The third-order valence-electron chi connectivity index (χ3n) is 4.04. The van der Waals surface area contributed by atoms with Gasteiger partial charge in [-0.2, -0.15) is 0 Å². The van der Waals surface area contributed by atoms with Crippen LogP contribution in [0.15, 0.2) is 59.4 Å². The molecule has 0 bridgehead atoms. The molecule has 2 atom stereocenters. The fourth-order valence-corrected chi connectivity index (χ4v) is 2.70. The van der Waals surface area contributed by atoms with Crippen LogP contribution in [0.25, 0.3) is 10.9 Å². The van der Waals surface area contributed by atoms with Gasteiger partial charge in [0.2, 0.25) is 5.56 Å². The summed E-state index contributed by atoms with van der Waals surface area (Å²) in [5.74, 6) is -0.862. The monoisotopic (exact) mass is 340 g/mol. The summed E-state index contributed by atoms with van der Waals surface area (Å²) in [6, 6.07) is 13.0. The highest BCUT2D eigenvalue weighted by Crippen LogP contribution is 2.19. The van der Waals surface area contributed by atoms with Crippen LogP contribution >= 0.6 is 0 Å². The van der Waals surface area contributed by atoms with E-state index in [1.165, 1.54) is 30.3 Å². The van der Waals surface area contributed by atoms with E-state index in [9.17, 15) is 19.1 Å². The lowest BCUT2D eigenvalue weighted by Crippen LogP contribution is -2.37. The molecule has 3 N–H and O–H groups in total. The predicted octanol–water partition coefficient (Wildman–Crippen LogP) is 2.52. The first kappa shape index (κ1) is 16.9. The molecule has 2 unspecified atom stereocenters. The smallest absolute Gasteiger partial charge is 0.252 e. The zero-order valence-corrected chi connectivity index (χ0v) is 13.5. The molecule has 0 saturated carbocycles. The quantitative estimate of drug-likeness (QED) is 0.682. The Balaban J connectivity index is 1.84. The molecule has 0 saturated heterocycles. The van der Waals surface area contributed by atoms with Gasteiger partial charge in [0.25, 0.3) is 5.91 Å². The molecule has 1 heterocycles. The number of benzene rings is 2. The van der Waals surface area contributed by atoms with E-state index in [0.717, 1.165) is 0 Å². The normalized spacial score (nSPS) is 13.4. The SMILES string of the molecule is CC(NC(=O)c1cc(=O)[nH]c2ccccc12)C(O)c1ccc(F)cc1. The van der Waals surface area contributed by atoms with Crippen molar-refractivity contribution in [3.63, 3.8) is 0 Å². The highest BCUT2D eigenvalue weighted by molar-refractivity contribution is 6.06. The van der Waals surface area contributed by atoms with Crippen molar-refractivity contribution in [3.05, 3.63) is 81.9 Å². The number of fused-ring (bicyclic) bond motifs is 1. The summed E-state index contributed by atoms with van der Waals surface area (Å²) in [5, 5.41) is 13.6. The van der Waals surface area contributed by atoms with E-state index < -0.39 is 23.9 Å². The second kappa shape index (κ2) is 6.86. The molecule has 25 heavy (non-hydrogen) atoms. The lowest BCUT2D eigenvalue weighted by Gasteiger charge is -2.21. The van der Waals surface area contributed by atoms with Crippen LogP contribution < -0.4 is 10.9 Å². The Morgan fingerprint density at radius 2 is 1.84 bits per heavy atom. The van der Waals surface area contributed by atoms with Crippen molar-refractivity contribution in [2.45, 2.75) is 19.1 Å². The minimum absolute atomic E-state index is 0.234. The van der Waals surface area contributed by atoms with Gasteiger partial charge in [-0.25, -0.2) is 4.39 Å². The number of hydrogen-bond acceptors (Lipinski definition) is 3. The number of pyridine rings is 1. The summed E-state index contributed by atoms with van der Waals surface area (Å²) in [6.07, 6.45) is -1.00. The molecule has 0 aliphatic rings. The first-order valence-corrected chi connectivity index (χ1v) is 7.82. The minimum Gasteiger partial charge on any atom is -0.386 e. The number of rotatable bonds is 4. The summed E-state index contributed by atoms with van der Waals surface area (Å²) in [7, 11) is 0. The second-order valence-electron chi connectivity index (χ2n) is 5.85. The van der Waals surface area contributed by atoms with Gasteiger partial charge in [0.05, 0.1) is 17.7 Å². The van der Waals surface area contributed by atoms with Gasteiger partial charge >= 0.3 is 0 Å². The van der Waals surface area contributed by atoms with E-state index in [1.807, 2.05) is 0 Å². The number of aromatic nitrogens is 1. The summed E-state index contributed by atoms with van der Waals surface area (Å²) in [6.45, 7) is 1.64. The third-order valence-corrected chi connectivity index (χ3v) is 4.04. The Bertz CT molecular complexity index is 966. The van der Waals surface area contributed by atoms with E-state index in [0.29, 0.717) is 16.5 Å². The number of amides is 1. The molecule has 6 heteroatoms. The lowest BCUT2D eigenvalue weighted by molar-refractivity contribution is 0.0853. The maximum atomic E-state index is 13.0. The molecule has 0 aliphatic carbocycles. The van der Waals surface area contributed by atoms with Gasteiger partial charge in [-0.05, 0) is 30.7 Å². The van der Waals surface area contributed by atoms with Crippen molar-refractivity contribution in [2.75, 3.05) is 0 Å². The molecule has 0 spiro atoms. The molecule has 0 aliphatic heterocycles. The summed E-state index contributed by atoms with van der Waals surface area (Å²) < 4.78 is 13.0. The number of halogens is 1. The van der Waals surface area contributed by atoms with Gasteiger partial charge in [-0.3, -0.25) is 9.59 Å². The maximum Gasteiger partial charge on any atom is 0.252 e. The standard InChI is InChI=1S/C19H17FN2O3/c1-11(18(24)12-6-8-13(20)9-7-12)21-19(25)15-10-17(23)22-16-5-3-2-4-14(15)16/h2-11,18,24H,1H3,(H,21,25)(H,22,23). The van der Waals surface area contributed by atoms with Crippen LogP contribution in [0.4, 0.5) is 4.39 Å². The van der Waals surface area contributed by atoms with Gasteiger partial charge in [0.1, 0.15) is 5.82 Å². The number of aromatic amines is 1. The fourth-order valence-electron chi connectivity index (χ4n) is 2.70. The van der Waals surface area contributed by atoms with Crippen LogP contribution in [0.5, 0.6) is 0 Å². The lowest BCUT2D eigenvalue weighted by atomic mass is 10.0. The van der Waals surface area contributed by atoms with Crippen LogP contribution in [0.3, 0.4) is 0 Å². The summed E-state index contributed by atoms with van der Waals surface area (Å²) in [5.41, 5.74) is 0.907. The Morgan fingerprint density at radius 1 is 1.16 bits per heavy atom. The Kier molecular flexibility index (Phi) is 4.63. The van der Waals surface area contributed by atoms with E-state index >= 15 is 0 Å². The maximum absolute atomic E-state index is 13.0. The first-order chi connectivity index (χ1) is 12.0. The molecule has 2 aromatic carbocycles. The first-order valence-electron chi connectivity index (χ1n) is 7.82. The van der Waals surface area contributed by atoms with Crippen molar-refractivity contribution in [3.8, 4) is 0 Å². The van der Waals surface area contributed by atoms with Crippen molar-refractivity contribution >= 4 is 16.8 Å². The average Bonchev–Trinajstić information content (AvgIpc) is 2.60. The fraction of sp³-hybridized carbons (Fsp3) is 0.158. The Labute approximate surface area is 143 Å². The molecule has 1 amide bonds. The van der Waals surface area contributed by atoms with Crippen molar-refractivity contribution < 1.29 is 14.3 Å². The largest absolute Gasteiger partial charge is 0.386 e. The Morgan fingerprint density at radius 3 is 2.56 bits per heavy atom. The highest BCUT2D eigenvalue weighted by atomic mass is 19.1. The number of aliphatic hydroxyl groups excluding tert-OH is 1. The number of hydrogen-bond donors (Lipinski definition) is 3. The number of H-pyrrole nitrogens is 1. The summed E-state index contributed by atoms with van der Waals surface area (Å²) in [4.78, 5) is 27.0. The molecular weight excluding hydrogens is 323 g/mol. The number of para-hydroxylation sites is 1. The number of carbonyl (C=O) groups excluding carboxylic acids is 1. The van der Waals surface area contributed by atoms with Crippen LogP contribution in [-0.2, 0) is 0 Å². The number of nitrogens with one attached hydrogen (secondary N) is 2. The minimum atomic E-state index is -1.00. The van der Waals surface area contributed by atoms with Crippen molar-refractivity contribution in [1.29, 1.82) is 0 Å². The topological polar surface area (TPSA) is 82.2 Å². The van der Waals surface area contributed by atoms with Gasteiger partial charge in [-0.15, -0.1) is 0 Å².